The van der Waals surface area contributed by atoms with Gasteiger partial charge in [0.05, 0.1) is 4.90 Å². The lowest BCUT2D eigenvalue weighted by Crippen LogP contribution is -2.14. The first kappa shape index (κ1) is 13.2. The van der Waals surface area contributed by atoms with Gasteiger partial charge in [0.1, 0.15) is 11.6 Å². The van der Waals surface area contributed by atoms with Gasteiger partial charge in [0.15, 0.2) is 11.0 Å². The van der Waals surface area contributed by atoms with Crippen LogP contribution in [-0.4, -0.2) is 21.0 Å². The Balaban J connectivity index is 2.38. The van der Waals surface area contributed by atoms with Crippen LogP contribution in [0.15, 0.2) is 45.8 Å². The Bertz CT molecular complexity index is 598. The van der Waals surface area contributed by atoms with Crippen LogP contribution in [0.1, 0.15) is 5.56 Å². The molecule has 0 radical (unpaired) electrons. The Hall–Kier alpha value is -2.22. The highest BCUT2D eigenvalue weighted by atomic mass is 32.2. The lowest BCUT2D eigenvalue weighted by molar-refractivity contribution is 0.318. The standard InChI is InChI=1S/C11H8F2N4OS/c12-7-4-6(10(14)17-18)5-8(13)9(7)19-11-15-2-1-3-16-11/h1-5,18H,(H2,14,17). The predicted molar refractivity (Wildman–Crippen MR) is 65.0 cm³/mol. The van der Waals surface area contributed by atoms with E-state index >= 15 is 0 Å². The molecule has 0 aliphatic heterocycles. The molecule has 8 heteroatoms. The molecule has 0 atom stereocenters. The quantitative estimate of drug-likeness (QED) is 0.296. The minimum Gasteiger partial charge on any atom is -0.409 e. The Morgan fingerprint density at radius 1 is 1.21 bits per heavy atom. The van der Waals surface area contributed by atoms with Gasteiger partial charge >= 0.3 is 0 Å². The Morgan fingerprint density at radius 2 is 1.79 bits per heavy atom. The van der Waals surface area contributed by atoms with Gasteiger partial charge in [0.25, 0.3) is 0 Å². The summed E-state index contributed by atoms with van der Waals surface area (Å²) in [5, 5.41) is 11.4. The fraction of sp³-hybridized carbons (Fsp3) is 0. The fourth-order valence-corrected chi connectivity index (χ4v) is 2.01. The third-order valence-corrected chi connectivity index (χ3v) is 3.12. The van der Waals surface area contributed by atoms with Crippen LogP contribution in [0.3, 0.4) is 0 Å². The molecule has 0 saturated carbocycles. The van der Waals surface area contributed by atoms with E-state index in [4.69, 9.17) is 10.9 Å². The van der Waals surface area contributed by atoms with Crippen molar-refractivity contribution in [1.29, 1.82) is 0 Å². The summed E-state index contributed by atoms with van der Waals surface area (Å²) >= 11 is 0.753. The zero-order chi connectivity index (χ0) is 13.8. The molecule has 0 amide bonds. The van der Waals surface area contributed by atoms with E-state index in [1.54, 1.807) is 6.07 Å². The van der Waals surface area contributed by atoms with Gasteiger partial charge < -0.3 is 10.9 Å². The molecule has 0 fully saturated rings. The van der Waals surface area contributed by atoms with Crippen LogP contribution in [0.4, 0.5) is 8.78 Å². The molecular weight excluding hydrogens is 274 g/mol. The maximum Gasteiger partial charge on any atom is 0.192 e. The number of rotatable bonds is 3. The van der Waals surface area contributed by atoms with Crippen molar-refractivity contribution in [1.82, 2.24) is 9.97 Å². The number of benzene rings is 1. The number of hydrogen-bond acceptors (Lipinski definition) is 5. The molecule has 0 bridgehead atoms. The molecule has 0 unspecified atom stereocenters. The second-order valence-electron chi connectivity index (χ2n) is 3.39. The van der Waals surface area contributed by atoms with Gasteiger partial charge in [-0.25, -0.2) is 18.7 Å². The van der Waals surface area contributed by atoms with Crippen LogP contribution < -0.4 is 5.73 Å². The number of halogens is 2. The van der Waals surface area contributed by atoms with Gasteiger partial charge in [-0.15, -0.1) is 0 Å². The first-order valence-electron chi connectivity index (χ1n) is 5.03. The number of nitrogens with zero attached hydrogens (tertiary/aromatic N) is 3. The SMILES string of the molecule is N/C(=N/O)c1cc(F)c(Sc2ncccn2)c(F)c1. The van der Waals surface area contributed by atoms with Crippen LogP contribution in [-0.2, 0) is 0 Å². The number of aromatic nitrogens is 2. The van der Waals surface area contributed by atoms with Crippen molar-refractivity contribution in [3.63, 3.8) is 0 Å². The van der Waals surface area contributed by atoms with E-state index in [0.717, 1.165) is 23.9 Å². The Morgan fingerprint density at radius 3 is 2.32 bits per heavy atom. The molecule has 19 heavy (non-hydrogen) atoms. The van der Waals surface area contributed by atoms with Gasteiger partial charge in [-0.3, -0.25) is 0 Å². The van der Waals surface area contributed by atoms with Crippen molar-refractivity contribution in [2.75, 3.05) is 0 Å². The molecule has 98 valence electrons. The van der Waals surface area contributed by atoms with E-state index < -0.39 is 11.6 Å². The molecule has 5 nitrogen and oxygen atoms in total. The molecular formula is C11H8F2N4OS. The fourth-order valence-electron chi connectivity index (χ4n) is 1.29. The van der Waals surface area contributed by atoms with E-state index in [1.165, 1.54) is 12.4 Å². The summed E-state index contributed by atoms with van der Waals surface area (Å²) in [7, 11) is 0. The van der Waals surface area contributed by atoms with Gasteiger partial charge in [-0.2, -0.15) is 0 Å². The minimum atomic E-state index is -0.834. The van der Waals surface area contributed by atoms with E-state index in [1.807, 2.05) is 0 Å². The lowest BCUT2D eigenvalue weighted by atomic mass is 10.2. The second-order valence-corrected chi connectivity index (χ2v) is 4.37. The summed E-state index contributed by atoms with van der Waals surface area (Å²) in [6.45, 7) is 0. The van der Waals surface area contributed by atoms with Crippen molar-refractivity contribution in [2.45, 2.75) is 10.1 Å². The second kappa shape index (κ2) is 5.61. The van der Waals surface area contributed by atoms with Gasteiger partial charge in [-0.05, 0) is 30.0 Å². The third kappa shape index (κ3) is 2.97. The largest absolute Gasteiger partial charge is 0.409 e. The Kier molecular flexibility index (Phi) is 3.91. The normalized spacial score (nSPS) is 11.6. The zero-order valence-corrected chi connectivity index (χ0v) is 10.2. The summed E-state index contributed by atoms with van der Waals surface area (Å²) in [4.78, 5) is 7.47. The molecule has 2 aromatic rings. The highest BCUT2D eigenvalue weighted by molar-refractivity contribution is 7.99. The van der Waals surface area contributed by atoms with Crippen molar-refractivity contribution < 1.29 is 14.0 Å². The van der Waals surface area contributed by atoms with Crippen molar-refractivity contribution in [3.8, 4) is 0 Å². The number of oxime groups is 1. The van der Waals surface area contributed by atoms with Gasteiger partial charge in [-0.1, -0.05) is 5.16 Å². The predicted octanol–water partition coefficient (Wildman–Crippen LogP) is 2.00. The lowest BCUT2D eigenvalue weighted by Gasteiger charge is -2.06. The van der Waals surface area contributed by atoms with Gasteiger partial charge in [0.2, 0.25) is 0 Å². The highest BCUT2D eigenvalue weighted by Gasteiger charge is 2.15. The summed E-state index contributed by atoms with van der Waals surface area (Å²) in [6, 6.07) is 3.55. The van der Waals surface area contributed by atoms with E-state index in [9.17, 15) is 8.78 Å². The number of hydrogen-bond donors (Lipinski definition) is 2. The van der Waals surface area contributed by atoms with E-state index in [-0.39, 0.29) is 21.5 Å². The molecule has 3 N–H and O–H groups in total. The highest BCUT2D eigenvalue weighted by Crippen LogP contribution is 2.30. The molecule has 1 aromatic carbocycles. The van der Waals surface area contributed by atoms with Crippen LogP contribution in [0.5, 0.6) is 0 Å². The molecule has 0 aliphatic carbocycles. The first-order valence-corrected chi connectivity index (χ1v) is 5.85. The summed E-state index contributed by atoms with van der Waals surface area (Å²) < 4.78 is 27.6. The smallest absolute Gasteiger partial charge is 0.192 e. The van der Waals surface area contributed by atoms with Crippen molar-refractivity contribution in [2.24, 2.45) is 10.9 Å². The molecule has 1 aromatic heterocycles. The monoisotopic (exact) mass is 282 g/mol. The van der Waals surface area contributed by atoms with Gasteiger partial charge in [0, 0.05) is 18.0 Å². The maximum absolute atomic E-state index is 13.8. The average Bonchev–Trinajstić information content (AvgIpc) is 2.43. The topological polar surface area (TPSA) is 84.4 Å². The number of amidine groups is 1. The Labute approximate surface area is 111 Å². The van der Waals surface area contributed by atoms with Crippen molar-refractivity contribution >= 4 is 17.6 Å². The van der Waals surface area contributed by atoms with E-state index in [2.05, 4.69) is 15.1 Å². The van der Waals surface area contributed by atoms with Crippen LogP contribution in [0.2, 0.25) is 0 Å². The molecule has 1 heterocycles. The zero-order valence-electron chi connectivity index (χ0n) is 9.42. The third-order valence-electron chi connectivity index (χ3n) is 2.14. The molecule has 0 saturated heterocycles. The summed E-state index contributed by atoms with van der Waals surface area (Å²) in [5.74, 6) is -2.04. The molecule has 2 rings (SSSR count). The van der Waals surface area contributed by atoms with Crippen molar-refractivity contribution in [3.05, 3.63) is 47.8 Å². The summed E-state index contributed by atoms with van der Waals surface area (Å²) in [5.41, 5.74) is 5.22. The van der Waals surface area contributed by atoms with E-state index in [0.29, 0.717) is 0 Å². The minimum absolute atomic E-state index is 0.0455. The number of nitrogens with two attached hydrogens (primary N) is 1. The maximum atomic E-state index is 13.8. The van der Waals surface area contributed by atoms with Crippen LogP contribution in [0, 0.1) is 11.6 Å². The van der Waals surface area contributed by atoms with Crippen LogP contribution in [0.25, 0.3) is 0 Å². The molecule has 0 spiro atoms. The molecule has 0 aliphatic rings. The summed E-state index contributed by atoms with van der Waals surface area (Å²) in [6.07, 6.45) is 2.94. The first-order chi connectivity index (χ1) is 9.11. The van der Waals surface area contributed by atoms with Crippen LogP contribution >= 0.6 is 11.8 Å². The average molecular weight is 282 g/mol.